The van der Waals surface area contributed by atoms with Gasteiger partial charge in [0.2, 0.25) is 0 Å². The van der Waals surface area contributed by atoms with Crippen molar-refractivity contribution in [3.05, 3.63) is 60.2 Å². The number of rotatable bonds is 3. The number of hydrogen-bond donors (Lipinski definition) is 1. The second-order valence-electron chi connectivity index (χ2n) is 4.54. The van der Waals surface area contributed by atoms with Gasteiger partial charge in [0.1, 0.15) is 12.2 Å². The Kier molecular flexibility index (Phi) is 3.29. The molecule has 3 heteroatoms. The molecule has 0 aromatic heterocycles. The SMILES string of the molecule is OC(c1ccccc1-c1ccccc1)C1CN=CO1. The lowest BCUT2D eigenvalue weighted by Gasteiger charge is -2.20. The lowest BCUT2D eigenvalue weighted by atomic mass is 9.94. The average molecular weight is 253 g/mol. The van der Waals surface area contributed by atoms with Gasteiger partial charge >= 0.3 is 0 Å². The molecule has 1 aliphatic heterocycles. The van der Waals surface area contributed by atoms with Crippen LogP contribution in [0.5, 0.6) is 0 Å². The molecular formula is C16H15NO2. The molecule has 0 aliphatic carbocycles. The summed E-state index contributed by atoms with van der Waals surface area (Å²) in [4.78, 5) is 4.01. The number of aliphatic hydroxyl groups excluding tert-OH is 1. The van der Waals surface area contributed by atoms with E-state index in [4.69, 9.17) is 4.74 Å². The Morgan fingerprint density at radius 2 is 1.79 bits per heavy atom. The van der Waals surface area contributed by atoms with Crippen LogP contribution in [0.2, 0.25) is 0 Å². The Morgan fingerprint density at radius 1 is 1.05 bits per heavy atom. The zero-order valence-electron chi connectivity index (χ0n) is 10.4. The lowest BCUT2D eigenvalue weighted by molar-refractivity contribution is 0.0494. The topological polar surface area (TPSA) is 41.8 Å². The zero-order chi connectivity index (χ0) is 13.1. The summed E-state index contributed by atoms with van der Waals surface area (Å²) in [6.07, 6.45) is 0.461. The second kappa shape index (κ2) is 5.24. The zero-order valence-corrected chi connectivity index (χ0v) is 10.4. The molecular weight excluding hydrogens is 238 g/mol. The van der Waals surface area contributed by atoms with Gasteiger partial charge in [0.15, 0.2) is 6.40 Å². The molecule has 0 saturated heterocycles. The first-order valence-electron chi connectivity index (χ1n) is 6.32. The minimum absolute atomic E-state index is 0.287. The van der Waals surface area contributed by atoms with E-state index in [9.17, 15) is 5.11 Å². The smallest absolute Gasteiger partial charge is 0.170 e. The third-order valence-corrected chi connectivity index (χ3v) is 3.31. The van der Waals surface area contributed by atoms with Crippen molar-refractivity contribution < 1.29 is 9.84 Å². The van der Waals surface area contributed by atoms with Gasteiger partial charge in [-0.15, -0.1) is 0 Å². The van der Waals surface area contributed by atoms with Gasteiger partial charge in [-0.1, -0.05) is 54.6 Å². The largest absolute Gasteiger partial charge is 0.475 e. The summed E-state index contributed by atoms with van der Waals surface area (Å²) in [5.74, 6) is 0. The molecule has 1 aliphatic rings. The first kappa shape index (κ1) is 11.9. The molecule has 0 bridgehead atoms. The molecule has 0 fully saturated rings. The third-order valence-electron chi connectivity index (χ3n) is 3.31. The summed E-state index contributed by atoms with van der Waals surface area (Å²) in [5.41, 5.74) is 3.01. The van der Waals surface area contributed by atoms with Crippen molar-refractivity contribution in [1.29, 1.82) is 0 Å². The molecule has 3 nitrogen and oxygen atoms in total. The quantitative estimate of drug-likeness (QED) is 0.913. The van der Waals surface area contributed by atoms with E-state index in [1.165, 1.54) is 6.40 Å². The van der Waals surface area contributed by atoms with Gasteiger partial charge in [-0.25, -0.2) is 0 Å². The molecule has 1 heterocycles. The molecule has 2 aromatic carbocycles. The predicted octanol–water partition coefficient (Wildman–Crippen LogP) is 2.81. The van der Waals surface area contributed by atoms with Gasteiger partial charge in [-0.2, -0.15) is 0 Å². The summed E-state index contributed by atoms with van der Waals surface area (Å²) in [6.45, 7) is 0.504. The van der Waals surface area contributed by atoms with E-state index >= 15 is 0 Å². The van der Waals surface area contributed by atoms with Crippen molar-refractivity contribution in [1.82, 2.24) is 0 Å². The third kappa shape index (κ3) is 2.37. The fourth-order valence-corrected chi connectivity index (χ4v) is 2.32. The van der Waals surface area contributed by atoms with E-state index < -0.39 is 6.10 Å². The maximum atomic E-state index is 10.5. The Hall–Kier alpha value is -2.13. The van der Waals surface area contributed by atoms with E-state index in [1.54, 1.807) is 0 Å². The van der Waals surface area contributed by atoms with E-state index in [1.807, 2.05) is 54.6 Å². The highest BCUT2D eigenvalue weighted by atomic mass is 16.5. The number of nitrogens with zero attached hydrogens (tertiary/aromatic N) is 1. The van der Waals surface area contributed by atoms with Gasteiger partial charge in [0.25, 0.3) is 0 Å². The van der Waals surface area contributed by atoms with Crippen LogP contribution in [0.15, 0.2) is 59.6 Å². The average Bonchev–Trinajstić information content (AvgIpc) is 3.02. The van der Waals surface area contributed by atoms with Gasteiger partial charge in [-0.05, 0) is 16.7 Å². The Morgan fingerprint density at radius 3 is 2.53 bits per heavy atom. The van der Waals surface area contributed by atoms with Crippen molar-refractivity contribution in [2.24, 2.45) is 4.99 Å². The molecule has 19 heavy (non-hydrogen) atoms. The molecule has 0 spiro atoms. The van der Waals surface area contributed by atoms with Gasteiger partial charge in [-0.3, -0.25) is 4.99 Å². The molecule has 3 rings (SSSR count). The molecule has 0 saturated carbocycles. The van der Waals surface area contributed by atoms with Gasteiger partial charge in [0.05, 0.1) is 6.54 Å². The number of aliphatic hydroxyl groups is 1. The molecule has 0 amide bonds. The molecule has 1 N–H and O–H groups in total. The Bertz CT molecular complexity index is 572. The maximum Gasteiger partial charge on any atom is 0.170 e. The van der Waals surface area contributed by atoms with E-state index in [-0.39, 0.29) is 6.10 Å². The Labute approximate surface area is 112 Å². The van der Waals surface area contributed by atoms with Crippen molar-refractivity contribution in [2.75, 3.05) is 6.54 Å². The van der Waals surface area contributed by atoms with Crippen molar-refractivity contribution >= 4 is 6.40 Å². The number of hydrogen-bond acceptors (Lipinski definition) is 3. The number of aliphatic imine (C=N–C) groups is 1. The van der Waals surface area contributed by atoms with Crippen LogP contribution in [-0.2, 0) is 4.74 Å². The normalized spacial score (nSPS) is 19.1. The lowest BCUT2D eigenvalue weighted by Crippen LogP contribution is -2.21. The predicted molar refractivity (Wildman–Crippen MR) is 75.1 cm³/mol. The number of ether oxygens (including phenoxy) is 1. The first-order chi connectivity index (χ1) is 9.36. The number of benzene rings is 2. The first-order valence-corrected chi connectivity index (χ1v) is 6.32. The highest BCUT2D eigenvalue weighted by molar-refractivity contribution is 5.68. The fourth-order valence-electron chi connectivity index (χ4n) is 2.32. The van der Waals surface area contributed by atoms with Crippen molar-refractivity contribution in [2.45, 2.75) is 12.2 Å². The van der Waals surface area contributed by atoms with Crippen LogP contribution >= 0.6 is 0 Å². The van der Waals surface area contributed by atoms with Crippen LogP contribution in [0.3, 0.4) is 0 Å². The van der Waals surface area contributed by atoms with Crippen LogP contribution in [-0.4, -0.2) is 24.2 Å². The van der Waals surface area contributed by atoms with E-state index in [0.717, 1.165) is 16.7 Å². The fraction of sp³-hybridized carbons (Fsp3) is 0.188. The monoisotopic (exact) mass is 253 g/mol. The van der Waals surface area contributed by atoms with Crippen LogP contribution in [0.1, 0.15) is 11.7 Å². The highest BCUT2D eigenvalue weighted by Crippen LogP contribution is 2.31. The molecule has 2 aromatic rings. The summed E-state index contributed by atoms with van der Waals surface area (Å²) in [6, 6.07) is 17.9. The summed E-state index contributed by atoms with van der Waals surface area (Å²) in [7, 11) is 0. The molecule has 96 valence electrons. The van der Waals surface area contributed by atoms with E-state index in [0.29, 0.717) is 6.54 Å². The summed E-state index contributed by atoms with van der Waals surface area (Å²) < 4.78 is 5.32. The molecule has 2 atom stereocenters. The van der Waals surface area contributed by atoms with Gasteiger partial charge < -0.3 is 9.84 Å². The van der Waals surface area contributed by atoms with Crippen molar-refractivity contribution in [3.63, 3.8) is 0 Å². The standard InChI is InChI=1S/C16H15NO2/c18-16(15-10-17-11-19-15)14-9-5-4-8-13(14)12-6-2-1-3-7-12/h1-9,11,15-16,18H,10H2. The minimum Gasteiger partial charge on any atom is -0.475 e. The van der Waals surface area contributed by atoms with Crippen LogP contribution in [0.25, 0.3) is 11.1 Å². The summed E-state index contributed by atoms with van der Waals surface area (Å²) >= 11 is 0. The highest BCUT2D eigenvalue weighted by Gasteiger charge is 2.26. The van der Waals surface area contributed by atoms with Crippen LogP contribution in [0, 0.1) is 0 Å². The minimum atomic E-state index is -0.668. The second-order valence-corrected chi connectivity index (χ2v) is 4.54. The van der Waals surface area contributed by atoms with Crippen molar-refractivity contribution in [3.8, 4) is 11.1 Å². The van der Waals surface area contributed by atoms with Crippen LogP contribution in [0.4, 0.5) is 0 Å². The Balaban J connectivity index is 1.97. The van der Waals surface area contributed by atoms with Gasteiger partial charge in [0, 0.05) is 0 Å². The van der Waals surface area contributed by atoms with E-state index in [2.05, 4.69) is 4.99 Å². The maximum absolute atomic E-state index is 10.5. The molecule has 2 unspecified atom stereocenters. The summed E-state index contributed by atoms with van der Waals surface area (Å²) in [5, 5.41) is 10.5. The molecule has 0 radical (unpaired) electrons. The van der Waals surface area contributed by atoms with Crippen LogP contribution < -0.4 is 0 Å².